The second kappa shape index (κ2) is 7.19. The number of H-pyrrole nitrogens is 1. The van der Waals surface area contributed by atoms with E-state index in [9.17, 15) is 18.8 Å². The van der Waals surface area contributed by atoms with Gasteiger partial charge in [0.25, 0.3) is 0 Å². The highest BCUT2D eigenvalue weighted by atomic mass is 32.2. The van der Waals surface area contributed by atoms with Crippen molar-refractivity contribution in [3.05, 3.63) is 51.8 Å². The molecular weight excluding hydrogens is 321 g/mol. The fourth-order valence-corrected chi connectivity index (χ4v) is 2.90. The predicted octanol–water partition coefficient (Wildman–Crippen LogP) is 2.15. The van der Waals surface area contributed by atoms with Gasteiger partial charge in [-0.2, -0.15) is 4.98 Å². The van der Waals surface area contributed by atoms with Gasteiger partial charge < -0.3 is 10.3 Å². The normalized spacial score (nSPS) is 10.4. The largest absolute Gasteiger partial charge is 0.346 e. The summed E-state index contributed by atoms with van der Waals surface area (Å²) in [5, 5.41) is 2.73. The van der Waals surface area contributed by atoms with Crippen molar-refractivity contribution in [1.29, 1.82) is 0 Å². The van der Waals surface area contributed by atoms with Crippen LogP contribution in [0, 0.1) is 12.7 Å². The van der Waals surface area contributed by atoms with Crippen LogP contribution >= 0.6 is 11.8 Å². The van der Waals surface area contributed by atoms with Gasteiger partial charge in [-0.3, -0.25) is 9.59 Å². The zero-order chi connectivity index (χ0) is 17.0. The van der Waals surface area contributed by atoms with Gasteiger partial charge in [-0.15, -0.1) is 0 Å². The van der Waals surface area contributed by atoms with Crippen molar-refractivity contribution in [3.63, 3.8) is 0 Å². The minimum absolute atomic E-state index is 0.0628. The molecule has 1 heterocycles. The number of amides is 1. The molecule has 0 aliphatic heterocycles. The van der Waals surface area contributed by atoms with Crippen LogP contribution in [0.15, 0.2) is 34.1 Å². The fourth-order valence-electron chi connectivity index (χ4n) is 1.98. The molecule has 2 N–H and O–H groups in total. The lowest BCUT2D eigenvalue weighted by Crippen LogP contribution is -2.19. The average Bonchev–Trinajstić information content (AvgIpc) is 2.44. The number of hydrogen-bond donors (Lipinski definition) is 2. The molecule has 23 heavy (non-hydrogen) atoms. The Hall–Kier alpha value is -2.48. The highest BCUT2D eigenvalue weighted by Crippen LogP contribution is 2.21. The molecule has 0 bridgehead atoms. The Balaban J connectivity index is 2.10. The Bertz CT molecular complexity index is 820. The van der Waals surface area contributed by atoms with E-state index in [0.717, 1.165) is 11.8 Å². The summed E-state index contributed by atoms with van der Waals surface area (Å²) >= 11 is 0.978. The van der Waals surface area contributed by atoms with Gasteiger partial charge >= 0.3 is 5.69 Å². The van der Waals surface area contributed by atoms with E-state index in [1.165, 1.54) is 25.1 Å². The summed E-state index contributed by atoms with van der Waals surface area (Å²) in [4.78, 5) is 41.2. The quantitative estimate of drug-likeness (QED) is 0.496. The lowest BCUT2D eigenvalue weighted by molar-refractivity contribution is -0.113. The van der Waals surface area contributed by atoms with Gasteiger partial charge in [0.1, 0.15) is 10.8 Å². The van der Waals surface area contributed by atoms with E-state index in [1.54, 1.807) is 13.0 Å². The highest BCUT2D eigenvalue weighted by molar-refractivity contribution is 8.00. The highest BCUT2D eigenvalue weighted by Gasteiger charge is 2.16. The molecule has 0 unspecified atom stereocenters. The number of nitrogens with one attached hydrogen (secondary N) is 2. The number of carbonyl (C=O) groups excluding carboxylic acids is 2. The maximum atomic E-state index is 13.1. The summed E-state index contributed by atoms with van der Waals surface area (Å²) in [6, 6.07) is 5.50. The number of halogens is 1. The minimum Gasteiger partial charge on any atom is -0.325 e. The van der Waals surface area contributed by atoms with Crippen LogP contribution in [0.2, 0.25) is 0 Å². The zero-order valence-corrected chi connectivity index (χ0v) is 13.3. The first-order valence-corrected chi connectivity index (χ1v) is 7.65. The molecule has 8 heteroatoms. The van der Waals surface area contributed by atoms with Crippen molar-refractivity contribution < 1.29 is 14.0 Å². The summed E-state index contributed by atoms with van der Waals surface area (Å²) in [6.45, 7) is 2.95. The van der Waals surface area contributed by atoms with Crippen LogP contribution in [0.1, 0.15) is 23.0 Å². The van der Waals surface area contributed by atoms with Crippen LogP contribution in [0.3, 0.4) is 0 Å². The smallest absolute Gasteiger partial charge is 0.325 e. The number of ketones is 1. The number of aromatic nitrogens is 2. The Kier molecular flexibility index (Phi) is 5.28. The van der Waals surface area contributed by atoms with Crippen LogP contribution in [0.4, 0.5) is 10.1 Å². The second-order valence-electron chi connectivity index (χ2n) is 4.75. The molecular formula is C15H14FN3O3S. The Labute approximate surface area is 135 Å². The van der Waals surface area contributed by atoms with Crippen molar-refractivity contribution in [2.24, 2.45) is 0 Å². The van der Waals surface area contributed by atoms with Gasteiger partial charge in [0.15, 0.2) is 5.78 Å². The van der Waals surface area contributed by atoms with Crippen molar-refractivity contribution in [3.8, 4) is 0 Å². The van der Waals surface area contributed by atoms with Crippen LogP contribution in [0.5, 0.6) is 0 Å². The van der Waals surface area contributed by atoms with E-state index in [2.05, 4.69) is 15.3 Å². The lowest BCUT2D eigenvalue weighted by Gasteiger charge is -2.08. The van der Waals surface area contributed by atoms with Gasteiger partial charge in [0, 0.05) is 11.4 Å². The van der Waals surface area contributed by atoms with E-state index in [-0.39, 0.29) is 22.1 Å². The van der Waals surface area contributed by atoms with Crippen molar-refractivity contribution >= 4 is 29.1 Å². The SMILES string of the molecule is CC(=O)c1c(SCC(=O)Nc2cccc(F)c2)nc(=O)[nH]c1C. The van der Waals surface area contributed by atoms with Gasteiger partial charge in [-0.05, 0) is 32.0 Å². The predicted molar refractivity (Wildman–Crippen MR) is 85.4 cm³/mol. The Morgan fingerprint density at radius 2 is 2.13 bits per heavy atom. The number of benzene rings is 1. The number of Topliss-reactive ketones (excluding diaryl/α,β-unsaturated/α-hetero) is 1. The van der Waals surface area contributed by atoms with Gasteiger partial charge in [-0.25, -0.2) is 9.18 Å². The van der Waals surface area contributed by atoms with Crippen molar-refractivity contribution in [2.45, 2.75) is 18.9 Å². The standard InChI is InChI=1S/C15H14FN3O3S/c1-8-13(9(2)20)14(19-15(22)17-8)23-7-12(21)18-11-5-3-4-10(16)6-11/h3-6H,7H2,1-2H3,(H,18,21)(H,17,19,22). The maximum Gasteiger partial charge on any atom is 0.346 e. The van der Waals surface area contributed by atoms with Crippen molar-refractivity contribution in [1.82, 2.24) is 9.97 Å². The molecule has 2 aromatic rings. The molecule has 0 saturated carbocycles. The Morgan fingerprint density at radius 1 is 1.39 bits per heavy atom. The van der Waals surface area contributed by atoms with Crippen LogP contribution in [-0.2, 0) is 4.79 Å². The van der Waals surface area contributed by atoms with E-state index in [0.29, 0.717) is 11.4 Å². The molecule has 1 aromatic heterocycles. The molecule has 2 rings (SSSR count). The molecule has 0 fully saturated rings. The first-order valence-electron chi connectivity index (χ1n) is 6.67. The topological polar surface area (TPSA) is 91.9 Å². The van der Waals surface area contributed by atoms with Crippen LogP contribution < -0.4 is 11.0 Å². The number of aryl methyl sites for hydroxylation is 1. The molecule has 0 saturated heterocycles. The fraction of sp³-hybridized carbons (Fsp3) is 0.200. The van der Waals surface area contributed by atoms with Crippen LogP contribution in [-0.4, -0.2) is 27.4 Å². The Morgan fingerprint density at radius 3 is 2.78 bits per heavy atom. The first kappa shape index (κ1) is 16.9. The number of nitrogens with zero attached hydrogens (tertiary/aromatic N) is 1. The molecule has 1 amide bonds. The van der Waals surface area contributed by atoms with Crippen molar-refractivity contribution in [2.75, 3.05) is 11.1 Å². The summed E-state index contributed by atoms with van der Waals surface area (Å²) < 4.78 is 13.1. The maximum absolute atomic E-state index is 13.1. The third-order valence-corrected chi connectivity index (χ3v) is 3.86. The minimum atomic E-state index is -0.583. The van der Waals surface area contributed by atoms with Gasteiger partial charge in [-0.1, -0.05) is 17.8 Å². The zero-order valence-electron chi connectivity index (χ0n) is 12.5. The summed E-state index contributed by atoms with van der Waals surface area (Å²) in [7, 11) is 0. The molecule has 1 aromatic carbocycles. The molecule has 0 aliphatic carbocycles. The number of aromatic amines is 1. The molecule has 0 spiro atoms. The first-order chi connectivity index (χ1) is 10.9. The van der Waals surface area contributed by atoms with E-state index >= 15 is 0 Å². The second-order valence-corrected chi connectivity index (χ2v) is 5.71. The molecule has 0 aliphatic rings. The van der Waals surface area contributed by atoms with E-state index < -0.39 is 17.4 Å². The molecule has 0 atom stereocenters. The monoisotopic (exact) mass is 335 g/mol. The molecule has 120 valence electrons. The lowest BCUT2D eigenvalue weighted by atomic mass is 10.2. The number of thioether (sulfide) groups is 1. The third kappa shape index (κ3) is 4.49. The van der Waals surface area contributed by atoms with Gasteiger partial charge in [0.05, 0.1) is 11.3 Å². The number of carbonyl (C=O) groups is 2. The summed E-state index contributed by atoms with van der Waals surface area (Å²) in [5.74, 6) is -1.16. The van der Waals surface area contributed by atoms with E-state index in [4.69, 9.17) is 0 Å². The molecule has 0 radical (unpaired) electrons. The summed E-state index contributed by atoms with van der Waals surface area (Å²) in [6.07, 6.45) is 0. The third-order valence-electron chi connectivity index (χ3n) is 2.89. The molecule has 6 nitrogen and oxygen atoms in total. The van der Waals surface area contributed by atoms with Crippen LogP contribution in [0.25, 0.3) is 0 Å². The number of rotatable bonds is 5. The number of hydrogen-bond acceptors (Lipinski definition) is 5. The van der Waals surface area contributed by atoms with Gasteiger partial charge in [0.2, 0.25) is 5.91 Å². The van der Waals surface area contributed by atoms with E-state index in [1.807, 2.05) is 0 Å². The summed E-state index contributed by atoms with van der Waals surface area (Å²) in [5.41, 5.74) is 0.441. The average molecular weight is 335 g/mol. The number of anilines is 1.